The van der Waals surface area contributed by atoms with Crippen molar-refractivity contribution in [2.24, 2.45) is 0 Å². The molecule has 0 rings (SSSR count). The van der Waals surface area contributed by atoms with E-state index in [0.717, 1.165) is 62.9 Å². The van der Waals surface area contributed by atoms with Gasteiger partial charge in [-0.3, -0.25) is 0 Å². The molecule has 0 spiro atoms. The summed E-state index contributed by atoms with van der Waals surface area (Å²) in [4.78, 5) is 0. The van der Waals surface area contributed by atoms with Crippen molar-refractivity contribution in [2.45, 2.75) is 195 Å². The molecule has 0 radical (unpaired) electrons. The summed E-state index contributed by atoms with van der Waals surface area (Å²) in [6, 6.07) is 0. The smallest absolute Gasteiger partial charge is 0.222 e. The van der Waals surface area contributed by atoms with E-state index in [9.17, 15) is 0 Å². The van der Waals surface area contributed by atoms with E-state index in [1.54, 1.807) is 14.2 Å². The average molecular weight is 671 g/mol. The molecule has 0 aromatic rings. The summed E-state index contributed by atoms with van der Waals surface area (Å²) in [6.45, 7) is 15.3. The Kier molecular flexibility index (Phi) is 33.4. The third-order valence-corrected chi connectivity index (χ3v) is 8.05. The van der Waals surface area contributed by atoms with Crippen molar-refractivity contribution in [1.82, 2.24) is 0 Å². The standard InChI is InChI=1S/C40H78O7/c1-9-15-17-19-21-23-25-27-29-35(43-31-11-3)37(45-33-13-5)39(41-7)47-40(42-8)38(46-34-14-6)36(44-32-12-4)30-28-26-24-22-20-18-16-10-2/h39-40H,9-34H2,1-8H3. The number of methoxy groups -OCH3 is 2. The minimum Gasteiger partial charge on any atom is -0.494 e. The zero-order chi connectivity index (χ0) is 34.8. The fourth-order valence-electron chi connectivity index (χ4n) is 5.37. The Balaban J connectivity index is 6.04. The van der Waals surface area contributed by atoms with Gasteiger partial charge in [0.2, 0.25) is 12.6 Å². The second-order valence-electron chi connectivity index (χ2n) is 12.7. The lowest BCUT2D eigenvalue weighted by Crippen LogP contribution is -2.32. The summed E-state index contributed by atoms with van der Waals surface area (Å²) in [6.07, 6.45) is 23.5. The van der Waals surface area contributed by atoms with E-state index >= 15 is 0 Å². The van der Waals surface area contributed by atoms with Crippen molar-refractivity contribution in [3.05, 3.63) is 23.0 Å². The van der Waals surface area contributed by atoms with Crippen LogP contribution in [0.25, 0.3) is 0 Å². The average Bonchev–Trinajstić information content (AvgIpc) is 3.09. The number of rotatable bonds is 36. The Morgan fingerprint density at radius 2 is 0.660 bits per heavy atom. The Labute approximate surface area is 291 Å². The van der Waals surface area contributed by atoms with Crippen molar-refractivity contribution in [1.29, 1.82) is 0 Å². The molecule has 0 bridgehead atoms. The van der Waals surface area contributed by atoms with Crippen LogP contribution in [0.4, 0.5) is 0 Å². The van der Waals surface area contributed by atoms with Gasteiger partial charge < -0.3 is 33.2 Å². The molecule has 2 atom stereocenters. The van der Waals surface area contributed by atoms with Crippen molar-refractivity contribution in [3.8, 4) is 0 Å². The van der Waals surface area contributed by atoms with Crippen LogP contribution >= 0.6 is 0 Å². The van der Waals surface area contributed by atoms with Crippen LogP contribution in [0.1, 0.15) is 183 Å². The number of allylic oxidation sites excluding steroid dienone is 2. The van der Waals surface area contributed by atoms with Gasteiger partial charge in [-0.15, -0.1) is 0 Å². The molecule has 7 nitrogen and oxygen atoms in total. The van der Waals surface area contributed by atoms with Gasteiger partial charge in [-0.2, -0.15) is 0 Å². The van der Waals surface area contributed by atoms with E-state index in [2.05, 4.69) is 41.5 Å². The predicted molar refractivity (Wildman–Crippen MR) is 196 cm³/mol. The van der Waals surface area contributed by atoms with Crippen molar-refractivity contribution in [3.63, 3.8) is 0 Å². The highest BCUT2D eigenvalue weighted by atomic mass is 16.8. The van der Waals surface area contributed by atoms with Crippen molar-refractivity contribution < 1.29 is 33.2 Å². The molecule has 47 heavy (non-hydrogen) atoms. The summed E-state index contributed by atoms with van der Waals surface area (Å²) in [5, 5.41) is 0. The number of ether oxygens (including phenoxy) is 7. The van der Waals surface area contributed by atoms with E-state index in [1.807, 2.05) is 0 Å². The molecule has 0 saturated heterocycles. The molecule has 0 fully saturated rings. The third kappa shape index (κ3) is 23.5. The maximum atomic E-state index is 6.58. The van der Waals surface area contributed by atoms with E-state index in [0.29, 0.717) is 37.9 Å². The zero-order valence-corrected chi connectivity index (χ0v) is 32.4. The molecule has 0 N–H and O–H groups in total. The summed E-state index contributed by atoms with van der Waals surface area (Å²) in [7, 11) is 3.29. The lowest BCUT2D eigenvalue weighted by Gasteiger charge is -2.29. The van der Waals surface area contributed by atoms with Gasteiger partial charge in [0, 0.05) is 27.1 Å². The zero-order valence-electron chi connectivity index (χ0n) is 32.4. The van der Waals surface area contributed by atoms with Crippen molar-refractivity contribution in [2.75, 3.05) is 40.6 Å². The second kappa shape index (κ2) is 34.4. The first kappa shape index (κ1) is 45.6. The highest BCUT2D eigenvalue weighted by Gasteiger charge is 2.31. The van der Waals surface area contributed by atoms with E-state index in [4.69, 9.17) is 33.2 Å². The van der Waals surface area contributed by atoms with Gasteiger partial charge >= 0.3 is 0 Å². The minimum absolute atomic E-state index is 0.547. The lowest BCUT2D eigenvalue weighted by atomic mass is 10.1. The van der Waals surface area contributed by atoms with Crippen molar-refractivity contribution >= 4 is 0 Å². The minimum atomic E-state index is -0.817. The van der Waals surface area contributed by atoms with Gasteiger partial charge in [-0.25, -0.2) is 0 Å². The second-order valence-corrected chi connectivity index (χ2v) is 12.7. The summed E-state index contributed by atoms with van der Waals surface area (Å²) in [5.41, 5.74) is 0. The molecule has 0 aromatic carbocycles. The van der Waals surface area contributed by atoms with Crippen LogP contribution in [-0.2, 0) is 33.2 Å². The largest absolute Gasteiger partial charge is 0.494 e. The Bertz CT molecular complexity index is 676. The molecule has 7 heteroatoms. The Hall–Kier alpha value is -1.44. The van der Waals surface area contributed by atoms with E-state index in [1.165, 1.54) is 89.9 Å². The lowest BCUT2D eigenvalue weighted by molar-refractivity contribution is -0.226. The first-order chi connectivity index (χ1) is 23.1. The Morgan fingerprint density at radius 1 is 0.362 bits per heavy atom. The first-order valence-corrected chi connectivity index (χ1v) is 19.8. The van der Waals surface area contributed by atoms with Crippen LogP contribution < -0.4 is 0 Å². The van der Waals surface area contributed by atoms with Crippen LogP contribution in [0.5, 0.6) is 0 Å². The monoisotopic (exact) mass is 671 g/mol. The van der Waals surface area contributed by atoms with Gasteiger partial charge in [0.15, 0.2) is 11.5 Å². The maximum absolute atomic E-state index is 6.58. The molecule has 280 valence electrons. The molecule has 0 aliphatic carbocycles. The first-order valence-electron chi connectivity index (χ1n) is 19.8. The molecule has 0 saturated carbocycles. The van der Waals surface area contributed by atoms with Crippen LogP contribution in [0.2, 0.25) is 0 Å². The van der Waals surface area contributed by atoms with Crippen LogP contribution in [-0.4, -0.2) is 53.2 Å². The van der Waals surface area contributed by atoms with Gasteiger partial charge in [0.1, 0.15) is 11.5 Å². The molecule has 2 unspecified atom stereocenters. The van der Waals surface area contributed by atoms with E-state index < -0.39 is 12.6 Å². The number of hydrogen-bond donors (Lipinski definition) is 0. The molecule has 0 aliphatic rings. The van der Waals surface area contributed by atoms with Gasteiger partial charge in [-0.1, -0.05) is 131 Å². The SMILES string of the molecule is CCCCCCCCCCC(OCCC)=C(OCCC)C(OC)OC(OC)C(OCCC)=C(CCCCCCCCCC)OCCC. The van der Waals surface area contributed by atoms with Crippen LogP contribution in [0, 0.1) is 0 Å². The number of hydrogen-bond acceptors (Lipinski definition) is 7. The molecule has 0 aromatic heterocycles. The summed E-state index contributed by atoms with van der Waals surface area (Å²) in [5.74, 6) is 2.83. The summed E-state index contributed by atoms with van der Waals surface area (Å²) >= 11 is 0. The van der Waals surface area contributed by atoms with Gasteiger partial charge in [-0.05, 0) is 38.5 Å². The van der Waals surface area contributed by atoms with Crippen LogP contribution in [0.3, 0.4) is 0 Å². The molecule has 0 heterocycles. The molecule has 0 aliphatic heterocycles. The fourth-order valence-corrected chi connectivity index (χ4v) is 5.37. The Morgan fingerprint density at radius 3 is 0.957 bits per heavy atom. The summed E-state index contributed by atoms with van der Waals surface area (Å²) < 4.78 is 43.9. The topological polar surface area (TPSA) is 64.6 Å². The van der Waals surface area contributed by atoms with Crippen LogP contribution in [0.15, 0.2) is 23.0 Å². The fraction of sp³-hybridized carbons (Fsp3) is 0.900. The predicted octanol–water partition coefficient (Wildman–Crippen LogP) is 12.1. The highest BCUT2D eigenvalue weighted by Crippen LogP contribution is 2.28. The molecular formula is C40H78O7. The van der Waals surface area contributed by atoms with E-state index in [-0.39, 0.29) is 0 Å². The van der Waals surface area contributed by atoms with Gasteiger partial charge in [0.05, 0.1) is 26.4 Å². The highest BCUT2D eigenvalue weighted by molar-refractivity contribution is 5.09. The molecule has 0 amide bonds. The third-order valence-electron chi connectivity index (χ3n) is 8.05. The van der Waals surface area contributed by atoms with Gasteiger partial charge in [0.25, 0.3) is 0 Å². The normalized spacial score (nSPS) is 14.0. The quantitative estimate of drug-likeness (QED) is 0.0373. The maximum Gasteiger partial charge on any atom is 0.222 e. The number of unbranched alkanes of at least 4 members (excludes halogenated alkanes) is 14. The molecular weight excluding hydrogens is 592 g/mol.